The topological polar surface area (TPSA) is 145 Å². The van der Waals surface area contributed by atoms with E-state index in [-0.39, 0.29) is 153 Å². The van der Waals surface area contributed by atoms with Gasteiger partial charge in [-0.05, 0) is 137 Å². The smallest absolute Gasteiger partial charge is 0.113 e. The minimum Gasteiger partial charge on any atom is -0.497 e. The summed E-state index contributed by atoms with van der Waals surface area (Å²) in [6, 6.07) is 125. The van der Waals surface area contributed by atoms with Crippen molar-refractivity contribution in [1.82, 2.24) is 64.0 Å². The molecule has 9 aromatic heterocycles. The first-order valence-corrected chi connectivity index (χ1v) is 36.5. The Balaban J connectivity index is 0.000000289. The number of hydrogen-bond donors (Lipinski definition) is 0. The molecule has 14 nitrogen and oxygen atoms in total. The van der Waals surface area contributed by atoms with E-state index in [2.05, 4.69) is 124 Å². The van der Waals surface area contributed by atoms with Gasteiger partial charge in [0.2, 0.25) is 0 Å². The van der Waals surface area contributed by atoms with Gasteiger partial charge in [0.25, 0.3) is 0 Å². The predicted octanol–water partition coefficient (Wildman–Crippen LogP) is 21.9. The first-order chi connectivity index (χ1) is 57.0. The van der Waals surface area contributed by atoms with Gasteiger partial charge in [0.1, 0.15) is 5.75 Å². The van der Waals surface area contributed by atoms with Crippen molar-refractivity contribution in [2.24, 2.45) is 0 Å². The van der Waals surface area contributed by atoms with Gasteiger partial charge in [-0.1, -0.05) is 78.4 Å². The molecular formula is C99H75F3Ir6N13OPt-9. The van der Waals surface area contributed by atoms with Crippen LogP contribution in [0.3, 0.4) is 0 Å². The summed E-state index contributed by atoms with van der Waals surface area (Å²) in [6.45, 7) is 6.06. The molecule has 0 bridgehead atoms. The summed E-state index contributed by atoms with van der Waals surface area (Å²) in [4.78, 5) is 21.0. The van der Waals surface area contributed by atoms with Gasteiger partial charge >= 0.3 is 0 Å². The Morgan fingerprint density at radius 2 is 0.756 bits per heavy atom. The monoisotopic (exact) mass is 2870 g/mol. The molecular weight excluding hydrogens is 2790 g/mol. The van der Waals surface area contributed by atoms with E-state index in [1.54, 1.807) is 58.5 Å². The third-order valence-electron chi connectivity index (χ3n) is 16.2. The van der Waals surface area contributed by atoms with E-state index in [9.17, 15) is 13.2 Å². The normalized spacial score (nSPS) is 9.46. The zero-order valence-electron chi connectivity index (χ0n) is 66.0. The predicted molar refractivity (Wildman–Crippen MR) is 450 cm³/mol. The molecule has 0 aliphatic heterocycles. The van der Waals surface area contributed by atoms with Crippen molar-refractivity contribution in [1.29, 1.82) is 0 Å². The zero-order chi connectivity index (χ0) is 80.6. The standard InChI is InChI=1S/C15H10N.C12H8F2NO.C11H7FN.C11H11N2.2C11H8N.C10H9N2.2C9H7N2.6Ir.Pt/c1-2-6-12(7-3-1)15-10-13-8-4-5-9-14(13)11-16-15;1-16-9-4-5-15-12(7-9)10-3-2-8(13)6-11(10)14;12-10-6-4-9(5-7-10)11-3-1-2-8-13-11;1-9-8-10(2)13(12-9)11-6-4-3-5-7-11;2*1-2-6-10(7-3-1)11-8-4-5-9-12-11;1-9-7-11-12(8-9)10-5-3-2-4-6-10;2*1-2-5-9(6-3-1)11-8-4-7-10-11;;;;;;;/h1-6,8-11H;2,4-7H,1H3;1-4,6-8H;3-6,8H,1-2H3;2*1-6,8-9H;2-5,7-8H,1H3;2*1-5,7-8H;;;;;;;/q9*-1;;;;;;;. The maximum atomic E-state index is 13.4. The van der Waals surface area contributed by atoms with Crippen molar-refractivity contribution in [2.75, 3.05) is 7.11 Å². The van der Waals surface area contributed by atoms with Crippen LogP contribution in [0, 0.1) is 92.8 Å². The number of ether oxygens (including phenoxy) is 1. The Bertz CT molecular complexity index is 5730. The third-order valence-corrected chi connectivity index (χ3v) is 16.2. The fourth-order valence-corrected chi connectivity index (χ4v) is 10.7. The van der Waals surface area contributed by atoms with Crippen LogP contribution in [0.15, 0.2) is 384 Å². The molecule has 0 saturated heterocycles. The van der Waals surface area contributed by atoms with E-state index in [0.29, 0.717) is 11.4 Å². The van der Waals surface area contributed by atoms with Crippen molar-refractivity contribution in [3.8, 4) is 84.8 Å². The quantitative estimate of drug-likeness (QED) is 0.121. The van der Waals surface area contributed by atoms with E-state index in [4.69, 9.17) is 4.74 Å². The minimum atomic E-state index is -0.694. The molecule has 0 aliphatic rings. The number of aryl methyl sites for hydroxylation is 3. The maximum absolute atomic E-state index is 13.4. The summed E-state index contributed by atoms with van der Waals surface area (Å²) >= 11 is 0. The summed E-state index contributed by atoms with van der Waals surface area (Å²) in [5.74, 6) is -1.08. The molecule has 19 aromatic rings. The number of halogens is 3. The van der Waals surface area contributed by atoms with Crippen molar-refractivity contribution < 1.29 is 160 Å². The number of pyridine rings is 5. The van der Waals surface area contributed by atoms with E-state index >= 15 is 0 Å². The van der Waals surface area contributed by atoms with Crippen LogP contribution in [0.4, 0.5) is 13.2 Å². The second kappa shape index (κ2) is 58.3. The van der Waals surface area contributed by atoms with E-state index in [1.807, 2.05) is 310 Å². The molecule has 10 aromatic carbocycles. The number of fused-ring (bicyclic) bond motifs is 1. The summed E-state index contributed by atoms with van der Waals surface area (Å²) in [6.07, 6.45) is 19.8. The molecule has 0 aliphatic carbocycles. The van der Waals surface area contributed by atoms with Gasteiger partial charge in [-0.3, -0.25) is 31.9 Å². The third kappa shape index (κ3) is 34.8. The summed E-state index contributed by atoms with van der Waals surface area (Å²) in [7, 11) is 1.50. The first-order valence-electron chi connectivity index (χ1n) is 36.5. The molecule has 0 fully saturated rings. The molecule has 24 heteroatoms. The molecule has 0 saturated carbocycles. The Morgan fingerprint density at radius 3 is 1.15 bits per heavy atom. The maximum Gasteiger partial charge on any atom is 0.113 e. The number of para-hydroxylation sites is 4. The van der Waals surface area contributed by atoms with Crippen molar-refractivity contribution >= 4 is 10.8 Å². The van der Waals surface area contributed by atoms with Crippen LogP contribution < -0.4 is 4.74 Å². The number of nitrogens with zero attached hydrogens (tertiary/aromatic N) is 13. The second-order valence-electron chi connectivity index (χ2n) is 24.6. The Labute approximate surface area is 811 Å². The number of methoxy groups -OCH3 is 1. The van der Waals surface area contributed by atoms with Gasteiger partial charge in [-0.25, -0.2) is 0 Å². The van der Waals surface area contributed by atoms with Gasteiger partial charge in [0, 0.05) is 227 Å². The molecule has 123 heavy (non-hydrogen) atoms. The van der Waals surface area contributed by atoms with Crippen LogP contribution in [0.25, 0.3) is 89.8 Å². The number of rotatable bonds is 10. The molecule has 0 unspecified atom stereocenters. The van der Waals surface area contributed by atoms with E-state index in [0.717, 1.165) is 96.9 Å². The molecule has 0 N–H and O–H groups in total. The molecule has 19 rings (SSSR count). The van der Waals surface area contributed by atoms with Crippen LogP contribution >= 0.6 is 0 Å². The molecule has 6 radical (unpaired) electrons. The van der Waals surface area contributed by atoms with Gasteiger partial charge in [0.15, 0.2) is 0 Å². The summed E-state index contributed by atoms with van der Waals surface area (Å²) < 4.78 is 50.9. The molecule has 636 valence electrons. The Hall–Kier alpha value is -10.8. The summed E-state index contributed by atoms with van der Waals surface area (Å²) in [5, 5.41) is 19.1. The molecule has 0 atom stereocenters. The van der Waals surface area contributed by atoms with Crippen molar-refractivity contribution in [3.05, 3.63) is 473 Å². The van der Waals surface area contributed by atoms with Crippen LogP contribution in [-0.4, -0.2) is 71.2 Å². The van der Waals surface area contributed by atoms with Crippen molar-refractivity contribution in [2.45, 2.75) is 20.8 Å². The second-order valence-corrected chi connectivity index (χ2v) is 24.6. The molecule has 9 heterocycles. The Morgan fingerprint density at radius 1 is 0.325 bits per heavy atom. The van der Waals surface area contributed by atoms with Crippen LogP contribution in [0.1, 0.15) is 17.0 Å². The van der Waals surface area contributed by atoms with Gasteiger partial charge < -0.3 is 29.7 Å². The zero-order valence-corrected chi connectivity index (χ0v) is 82.7. The van der Waals surface area contributed by atoms with Crippen LogP contribution in [0.5, 0.6) is 5.75 Å². The average Bonchev–Trinajstić information content (AvgIpc) is 1.80. The Kier molecular flexibility index (Phi) is 49.6. The van der Waals surface area contributed by atoms with Crippen molar-refractivity contribution in [3.63, 3.8) is 0 Å². The number of aromatic nitrogens is 13. The van der Waals surface area contributed by atoms with E-state index < -0.39 is 11.6 Å². The van der Waals surface area contributed by atoms with Gasteiger partial charge in [-0.2, -0.15) is 117 Å². The SMILES string of the molecule is COc1ccnc(-c2[c-]cc(F)cc2F)c1.Cc1cc(C)n(-c2[c-]cccc2)n1.Cc1cnn(-c2[c-]cccc2)c1.Fc1c[c-]c(-c2ccccn2)cc1.[Ir].[Ir].[Ir].[Ir].[Ir].[Ir].[Pt].[c-]1ccccc1-c1cc2ccccc2cn1.[c-]1ccccc1-c1ccccn1.[c-]1ccccc1-c1ccccn1.[c-]1ccccc1-n1cccn1.[c-]1ccccc1-n1cccn1. The molecule has 0 amide bonds. The van der Waals surface area contributed by atoms with Crippen LogP contribution in [-0.2, 0) is 142 Å². The number of hydrogen-bond acceptors (Lipinski definition) is 10. The fourth-order valence-electron chi connectivity index (χ4n) is 10.7. The fraction of sp³-hybridized carbons (Fsp3) is 0.0404. The van der Waals surface area contributed by atoms with Gasteiger partial charge in [0.05, 0.1) is 19.0 Å². The van der Waals surface area contributed by atoms with Crippen LogP contribution in [0.2, 0.25) is 0 Å². The van der Waals surface area contributed by atoms with Gasteiger partial charge in [-0.15, -0.1) is 174 Å². The molecule has 0 spiro atoms. The minimum absolute atomic E-state index is 0. The number of benzene rings is 10. The largest absolute Gasteiger partial charge is 0.497 e. The summed E-state index contributed by atoms with van der Waals surface area (Å²) in [5.41, 5.74) is 15.4. The average molecular weight is 2870 g/mol. The van der Waals surface area contributed by atoms with E-state index in [1.165, 1.54) is 36.2 Å². The first kappa shape index (κ1) is 105.